The maximum absolute atomic E-state index is 13.1. The maximum atomic E-state index is 13.1. The van der Waals surface area contributed by atoms with Crippen LogP contribution in [0, 0.1) is 0 Å². The molecule has 2 bridgehead atoms. The van der Waals surface area contributed by atoms with Gasteiger partial charge in [0.25, 0.3) is 0 Å². The normalized spacial score (nSPS) is 21.9. The molecule has 3 heterocycles. The SMILES string of the molecule is O=C(OCC1c2ccccc2-c2ccccc21)N1C2C=C(c3ccn[nH]3)CC1CC2. The van der Waals surface area contributed by atoms with Crippen LogP contribution >= 0.6 is 0 Å². The molecule has 5 nitrogen and oxygen atoms in total. The van der Waals surface area contributed by atoms with Crippen molar-refractivity contribution in [2.45, 2.75) is 37.3 Å². The van der Waals surface area contributed by atoms with Gasteiger partial charge < -0.3 is 4.74 Å². The van der Waals surface area contributed by atoms with E-state index in [4.69, 9.17) is 4.74 Å². The fraction of sp³-hybridized carbons (Fsp3) is 0.280. The van der Waals surface area contributed by atoms with Crippen molar-refractivity contribution < 1.29 is 9.53 Å². The summed E-state index contributed by atoms with van der Waals surface area (Å²) in [6.07, 6.45) is 6.65. The monoisotopic (exact) mass is 397 g/mol. The lowest BCUT2D eigenvalue weighted by atomic mass is 9.98. The molecule has 1 saturated heterocycles. The Morgan fingerprint density at radius 2 is 1.77 bits per heavy atom. The van der Waals surface area contributed by atoms with Gasteiger partial charge in [-0.15, -0.1) is 0 Å². The molecular weight excluding hydrogens is 374 g/mol. The molecule has 1 aromatic heterocycles. The highest BCUT2D eigenvalue weighted by molar-refractivity contribution is 5.79. The molecule has 5 heteroatoms. The second-order valence-corrected chi connectivity index (χ2v) is 8.38. The van der Waals surface area contributed by atoms with Crippen LogP contribution in [0.5, 0.6) is 0 Å². The van der Waals surface area contributed by atoms with Gasteiger partial charge in [0.15, 0.2) is 0 Å². The number of amides is 1. The number of carbonyl (C=O) groups excluding carboxylic acids is 1. The smallest absolute Gasteiger partial charge is 0.410 e. The Balaban J connectivity index is 1.21. The van der Waals surface area contributed by atoms with Crippen molar-refractivity contribution in [1.29, 1.82) is 0 Å². The van der Waals surface area contributed by atoms with Crippen molar-refractivity contribution in [3.8, 4) is 11.1 Å². The van der Waals surface area contributed by atoms with Gasteiger partial charge in [0.2, 0.25) is 0 Å². The van der Waals surface area contributed by atoms with Gasteiger partial charge in [0.1, 0.15) is 6.61 Å². The number of aromatic nitrogens is 2. The molecular formula is C25H23N3O2. The van der Waals surface area contributed by atoms with Crippen molar-refractivity contribution >= 4 is 11.7 Å². The largest absolute Gasteiger partial charge is 0.448 e. The molecule has 30 heavy (non-hydrogen) atoms. The highest BCUT2D eigenvalue weighted by Gasteiger charge is 2.41. The molecule has 3 aromatic rings. The van der Waals surface area contributed by atoms with Gasteiger partial charge in [-0.05, 0) is 53.2 Å². The molecule has 150 valence electrons. The zero-order valence-electron chi connectivity index (χ0n) is 16.6. The number of rotatable bonds is 3. The van der Waals surface area contributed by atoms with E-state index in [9.17, 15) is 4.79 Å². The Bertz CT molecular complexity index is 1090. The molecule has 2 atom stereocenters. The van der Waals surface area contributed by atoms with Crippen LogP contribution in [0.15, 0.2) is 66.9 Å². The zero-order valence-corrected chi connectivity index (χ0v) is 16.6. The topological polar surface area (TPSA) is 58.2 Å². The van der Waals surface area contributed by atoms with Crippen molar-refractivity contribution in [2.75, 3.05) is 6.61 Å². The fourth-order valence-corrected chi connectivity index (χ4v) is 5.42. The van der Waals surface area contributed by atoms with Crippen molar-refractivity contribution in [3.63, 3.8) is 0 Å². The molecule has 0 radical (unpaired) electrons. The Hall–Kier alpha value is -3.34. The highest BCUT2D eigenvalue weighted by atomic mass is 16.6. The summed E-state index contributed by atoms with van der Waals surface area (Å²) >= 11 is 0. The zero-order chi connectivity index (χ0) is 20.1. The predicted molar refractivity (Wildman–Crippen MR) is 115 cm³/mol. The highest BCUT2D eigenvalue weighted by Crippen LogP contribution is 2.45. The summed E-state index contributed by atoms with van der Waals surface area (Å²) in [7, 11) is 0. The van der Waals surface area contributed by atoms with Crippen LogP contribution in [-0.2, 0) is 4.74 Å². The molecule has 0 saturated carbocycles. The molecule has 1 fully saturated rings. The molecule has 3 aliphatic rings. The lowest BCUT2D eigenvalue weighted by molar-refractivity contribution is 0.0866. The summed E-state index contributed by atoms with van der Waals surface area (Å²) < 4.78 is 5.92. The van der Waals surface area contributed by atoms with Gasteiger partial charge in [-0.2, -0.15) is 5.10 Å². The first-order chi connectivity index (χ1) is 14.8. The van der Waals surface area contributed by atoms with Crippen LogP contribution in [0.25, 0.3) is 16.7 Å². The Labute approximate surface area is 175 Å². The summed E-state index contributed by atoms with van der Waals surface area (Å²) in [5, 5.41) is 7.11. The summed E-state index contributed by atoms with van der Waals surface area (Å²) in [5.74, 6) is 0.0971. The van der Waals surface area contributed by atoms with E-state index < -0.39 is 0 Å². The quantitative estimate of drug-likeness (QED) is 0.678. The lowest BCUT2D eigenvalue weighted by Gasteiger charge is -2.33. The average molecular weight is 397 g/mol. The molecule has 1 N–H and O–H groups in total. The minimum Gasteiger partial charge on any atom is -0.448 e. The van der Waals surface area contributed by atoms with Crippen LogP contribution in [0.3, 0.4) is 0 Å². The van der Waals surface area contributed by atoms with Gasteiger partial charge in [-0.1, -0.05) is 54.6 Å². The lowest BCUT2D eigenvalue weighted by Crippen LogP contribution is -2.43. The van der Waals surface area contributed by atoms with Gasteiger partial charge >= 0.3 is 6.09 Å². The van der Waals surface area contributed by atoms with E-state index in [-0.39, 0.29) is 24.1 Å². The Morgan fingerprint density at radius 1 is 1.03 bits per heavy atom. The third-order valence-corrected chi connectivity index (χ3v) is 6.79. The number of nitrogens with zero attached hydrogens (tertiary/aromatic N) is 2. The third-order valence-electron chi connectivity index (χ3n) is 6.79. The number of fused-ring (bicyclic) bond motifs is 5. The number of carbonyl (C=O) groups is 1. The van der Waals surface area contributed by atoms with E-state index in [0.717, 1.165) is 25.0 Å². The number of aromatic amines is 1. The number of H-pyrrole nitrogens is 1. The molecule has 2 aliphatic heterocycles. The molecule has 1 amide bonds. The van der Waals surface area contributed by atoms with Crippen molar-refractivity contribution in [2.24, 2.45) is 0 Å². The predicted octanol–water partition coefficient (Wildman–Crippen LogP) is 4.98. The summed E-state index contributed by atoms with van der Waals surface area (Å²) in [6.45, 7) is 0.375. The van der Waals surface area contributed by atoms with E-state index in [1.54, 1.807) is 6.20 Å². The second-order valence-electron chi connectivity index (χ2n) is 8.38. The van der Waals surface area contributed by atoms with Gasteiger partial charge in [0, 0.05) is 18.2 Å². The number of ether oxygens (including phenoxy) is 1. The first-order valence-corrected chi connectivity index (χ1v) is 10.6. The van der Waals surface area contributed by atoms with Crippen LogP contribution in [0.2, 0.25) is 0 Å². The van der Waals surface area contributed by atoms with Crippen LogP contribution in [0.1, 0.15) is 42.0 Å². The second kappa shape index (κ2) is 6.87. The molecule has 2 aromatic carbocycles. The molecule has 0 spiro atoms. The Morgan fingerprint density at radius 3 is 2.43 bits per heavy atom. The maximum Gasteiger partial charge on any atom is 0.410 e. The third kappa shape index (κ3) is 2.69. The average Bonchev–Trinajstić information content (AvgIpc) is 3.48. The number of hydrogen-bond acceptors (Lipinski definition) is 3. The summed E-state index contributed by atoms with van der Waals surface area (Å²) in [5.41, 5.74) is 7.30. The van der Waals surface area contributed by atoms with Crippen LogP contribution in [-0.4, -0.2) is 39.9 Å². The van der Waals surface area contributed by atoms with E-state index in [1.165, 1.54) is 27.8 Å². The minimum absolute atomic E-state index is 0.0971. The first kappa shape index (κ1) is 17.5. The summed E-state index contributed by atoms with van der Waals surface area (Å²) in [4.78, 5) is 15.0. The molecule has 6 rings (SSSR count). The van der Waals surface area contributed by atoms with E-state index in [1.807, 2.05) is 11.0 Å². The van der Waals surface area contributed by atoms with Gasteiger partial charge in [-0.3, -0.25) is 10.00 Å². The van der Waals surface area contributed by atoms with E-state index >= 15 is 0 Å². The fourth-order valence-electron chi connectivity index (χ4n) is 5.42. The van der Waals surface area contributed by atoms with Crippen molar-refractivity contribution in [3.05, 3.63) is 83.7 Å². The van der Waals surface area contributed by atoms with Crippen molar-refractivity contribution in [1.82, 2.24) is 15.1 Å². The van der Waals surface area contributed by atoms with Gasteiger partial charge in [0.05, 0.1) is 11.7 Å². The van der Waals surface area contributed by atoms with Crippen LogP contribution in [0.4, 0.5) is 4.79 Å². The van der Waals surface area contributed by atoms with Crippen LogP contribution < -0.4 is 0 Å². The Kier molecular flexibility index (Phi) is 4.01. The molecule has 2 unspecified atom stereocenters. The molecule has 1 aliphatic carbocycles. The van der Waals surface area contributed by atoms with Gasteiger partial charge in [-0.25, -0.2) is 4.79 Å². The number of hydrogen-bond donors (Lipinski definition) is 1. The first-order valence-electron chi connectivity index (χ1n) is 10.6. The number of benzene rings is 2. The minimum atomic E-state index is -0.190. The number of nitrogens with one attached hydrogen (secondary N) is 1. The van der Waals surface area contributed by atoms with E-state index in [0.29, 0.717) is 6.61 Å². The standard InChI is InChI=1S/C25H23N3O2/c29-25(28-17-9-10-18(28)14-16(13-17)24-11-12-26-27-24)30-15-23-21-7-3-1-5-19(21)20-6-2-4-8-22(20)23/h1-8,11-13,17-18,23H,9-10,14-15H2,(H,26,27). The van der Waals surface area contributed by atoms with E-state index in [2.05, 4.69) is 64.8 Å². The summed E-state index contributed by atoms with van der Waals surface area (Å²) in [6, 6.07) is 19.2.